The number of hydrogen-bond acceptors (Lipinski definition) is 2. The Bertz CT molecular complexity index is 420. The first-order valence-electron chi connectivity index (χ1n) is 5.94. The Hall–Kier alpha value is -1.27. The number of rotatable bonds is 6. The molecule has 18 heavy (non-hydrogen) atoms. The van der Waals surface area contributed by atoms with Crippen LogP contribution in [0.2, 0.25) is 5.02 Å². The quantitative estimate of drug-likeness (QED) is 0.708. The molecule has 0 saturated heterocycles. The molecule has 1 rings (SSSR count). The molecule has 0 heterocycles. The summed E-state index contributed by atoms with van der Waals surface area (Å²) in [4.78, 5) is 0. The Kier molecular flexibility index (Phi) is 5.43. The predicted octanol–water partition coefficient (Wildman–Crippen LogP) is 4.58. The van der Waals surface area contributed by atoms with E-state index < -0.39 is 5.82 Å². The minimum Gasteiger partial charge on any atom is -0.489 e. The van der Waals surface area contributed by atoms with Gasteiger partial charge in [-0.1, -0.05) is 17.7 Å². The molecule has 98 valence electrons. The molecular formula is C14H17ClFNO. The molecule has 0 unspecified atom stereocenters. The standard InChI is InChI=1S/C14H17ClFNO/c1-14(2,10-17)8-3-4-9-18-13-11(15)6-5-7-12(13)16/h5-7H,3-4,8-9H2,1-2H3. The van der Waals surface area contributed by atoms with Gasteiger partial charge in [0.1, 0.15) is 0 Å². The van der Waals surface area contributed by atoms with E-state index in [0.29, 0.717) is 6.61 Å². The molecule has 4 heteroatoms. The molecule has 0 spiro atoms. The summed E-state index contributed by atoms with van der Waals surface area (Å²) in [5, 5.41) is 9.14. The summed E-state index contributed by atoms with van der Waals surface area (Å²) in [6, 6.07) is 6.70. The van der Waals surface area contributed by atoms with Crippen molar-refractivity contribution in [3.8, 4) is 11.8 Å². The minimum atomic E-state index is -0.445. The molecule has 0 aromatic heterocycles. The summed E-state index contributed by atoms with van der Waals surface area (Å²) >= 11 is 5.83. The van der Waals surface area contributed by atoms with Gasteiger partial charge in [0, 0.05) is 0 Å². The van der Waals surface area contributed by atoms with Gasteiger partial charge in [0.2, 0.25) is 0 Å². The Balaban J connectivity index is 2.33. The minimum absolute atomic E-state index is 0.110. The SMILES string of the molecule is CC(C)(C#N)CCCCOc1c(F)cccc1Cl. The molecule has 0 saturated carbocycles. The molecule has 0 fully saturated rings. The van der Waals surface area contributed by atoms with Crippen LogP contribution in [0.3, 0.4) is 0 Å². The fourth-order valence-electron chi connectivity index (χ4n) is 1.52. The lowest BCUT2D eigenvalue weighted by Crippen LogP contribution is -2.08. The molecule has 0 amide bonds. The van der Waals surface area contributed by atoms with Crippen LogP contribution in [-0.2, 0) is 0 Å². The van der Waals surface area contributed by atoms with Gasteiger partial charge >= 0.3 is 0 Å². The molecule has 0 aliphatic rings. The van der Waals surface area contributed by atoms with Crippen LogP contribution < -0.4 is 4.74 Å². The van der Waals surface area contributed by atoms with Crippen LogP contribution in [-0.4, -0.2) is 6.61 Å². The van der Waals surface area contributed by atoms with Crippen molar-refractivity contribution in [2.75, 3.05) is 6.61 Å². The van der Waals surface area contributed by atoms with Gasteiger partial charge < -0.3 is 4.74 Å². The highest BCUT2D eigenvalue weighted by molar-refractivity contribution is 6.32. The van der Waals surface area contributed by atoms with Crippen molar-refractivity contribution in [1.29, 1.82) is 5.26 Å². The van der Waals surface area contributed by atoms with E-state index in [1.165, 1.54) is 6.07 Å². The summed E-state index contributed by atoms with van der Waals surface area (Å²) in [6.45, 7) is 4.21. The number of unbranched alkanes of at least 4 members (excludes halogenated alkanes) is 1. The zero-order valence-corrected chi connectivity index (χ0v) is 11.4. The monoisotopic (exact) mass is 269 g/mol. The zero-order valence-electron chi connectivity index (χ0n) is 10.7. The Morgan fingerprint density at radius 2 is 2.11 bits per heavy atom. The van der Waals surface area contributed by atoms with Crippen LogP contribution in [0.25, 0.3) is 0 Å². The molecular weight excluding hydrogens is 253 g/mol. The van der Waals surface area contributed by atoms with Gasteiger partial charge in [-0.2, -0.15) is 5.26 Å². The largest absolute Gasteiger partial charge is 0.489 e. The smallest absolute Gasteiger partial charge is 0.173 e. The number of ether oxygens (including phenoxy) is 1. The third kappa shape index (κ3) is 4.54. The third-order valence-corrected chi connectivity index (χ3v) is 2.96. The van der Waals surface area contributed by atoms with Crippen molar-refractivity contribution in [1.82, 2.24) is 0 Å². The van der Waals surface area contributed by atoms with Crippen LogP contribution in [0.5, 0.6) is 5.75 Å². The van der Waals surface area contributed by atoms with E-state index in [4.69, 9.17) is 21.6 Å². The molecule has 1 aromatic carbocycles. The topological polar surface area (TPSA) is 33.0 Å². The summed E-state index contributed by atoms with van der Waals surface area (Å²) in [6.07, 6.45) is 2.44. The van der Waals surface area contributed by atoms with Gasteiger partial charge in [0.05, 0.1) is 23.1 Å². The molecule has 0 N–H and O–H groups in total. The highest BCUT2D eigenvalue weighted by atomic mass is 35.5. The van der Waals surface area contributed by atoms with Gasteiger partial charge in [-0.3, -0.25) is 0 Å². The first kappa shape index (κ1) is 14.8. The molecule has 2 nitrogen and oxygen atoms in total. The van der Waals surface area contributed by atoms with E-state index in [0.717, 1.165) is 19.3 Å². The van der Waals surface area contributed by atoms with E-state index >= 15 is 0 Å². The average Bonchev–Trinajstić information content (AvgIpc) is 2.32. The van der Waals surface area contributed by atoms with E-state index in [9.17, 15) is 4.39 Å². The van der Waals surface area contributed by atoms with Crippen LogP contribution in [0.1, 0.15) is 33.1 Å². The van der Waals surface area contributed by atoms with Crippen molar-refractivity contribution in [2.24, 2.45) is 5.41 Å². The predicted molar refractivity (Wildman–Crippen MR) is 70.2 cm³/mol. The number of halogens is 2. The fraction of sp³-hybridized carbons (Fsp3) is 0.500. The summed E-state index contributed by atoms with van der Waals surface area (Å²) < 4.78 is 18.7. The summed E-state index contributed by atoms with van der Waals surface area (Å²) in [5.41, 5.74) is -0.310. The Morgan fingerprint density at radius 3 is 2.72 bits per heavy atom. The molecule has 0 radical (unpaired) electrons. The van der Waals surface area contributed by atoms with Crippen molar-refractivity contribution < 1.29 is 9.13 Å². The second-order valence-corrected chi connectivity index (χ2v) is 5.26. The number of para-hydroxylation sites is 1. The third-order valence-electron chi connectivity index (χ3n) is 2.66. The highest BCUT2D eigenvalue weighted by Gasteiger charge is 2.15. The van der Waals surface area contributed by atoms with Crippen molar-refractivity contribution in [3.63, 3.8) is 0 Å². The number of nitriles is 1. The van der Waals surface area contributed by atoms with Gasteiger partial charge in [-0.25, -0.2) is 4.39 Å². The lowest BCUT2D eigenvalue weighted by atomic mass is 9.89. The molecule has 0 atom stereocenters. The van der Waals surface area contributed by atoms with Gasteiger partial charge in [-0.15, -0.1) is 0 Å². The summed E-state index contributed by atoms with van der Waals surface area (Å²) in [7, 11) is 0. The maximum atomic E-state index is 13.4. The first-order chi connectivity index (χ1) is 8.46. The normalized spacial score (nSPS) is 11.1. The number of nitrogens with zero attached hydrogens (tertiary/aromatic N) is 1. The second-order valence-electron chi connectivity index (χ2n) is 4.85. The Morgan fingerprint density at radius 1 is 1.39 bits per heavy atom. The maximum absolute atomic E-state index is 13.4. The van der Waals surface area contributed by atoms with Gasteiger partial charge in [0.25, 0.3) is 0 Å². The lowest BCUT2D eigenvalue weighted by molar-refractivity contribution is 0.282. The lowest BCUT2D eigenvalue weighted by Gasteiger charge is -2.14. The van der Waals surface area contributed by atoms with E-state index in [2.05, 4.69) is 6.07 Å². The van der Waals surface area contributed by atoms with Crippen molar-refractivity contribution in [3.05, 3.63) is 29.0 Å². The van der Waals surface area contributed by atoms with Crippen LogP contribution in [0, 0.1) is 22.6 Å². The van der Waals surface area contributed by atoms with Crippen molar-refractivity contribution in [2.45, 2.75) is 33.1 Å². The van der Waals surface area contributed by atoms with Crippen LogP contribution in [0.15, 0.2) is 18.2 Å². The molecule has 0 aliphatic carbocycles. The molecule has 0 aliphatic heterocycles. The van der Waals surface area contributed by atoms with Crippen LogP contribution >= 0.6 is 11.6 Å². The Labute approximate surface area is 112 Å². The summed E-state index contributed by atoms with van der Waals surface area (Å²) in [5.74, 6) is -0.335. The number of hydrogen-bond donors (Lipinski definition) is 0. The van der Waals surface area contributed by atoms with E-state index in [1.54, 1.807) is 12.1 Å². The van der Waals surface area contributed by atoms with Gasteiger partial charge in [-0.05, 0) is 45.2 Å². The molecule has 0 bridgehead atoms. The molecule has 1 aromatic rings. The van der Waals surface area contributed by atoms with Crippen LogP contribution in [0.4, 0.5) is 4.39 Å². The highest BCUT2D eigenvalue weighted by Crippen LogP contribution is 2.27. The zero-order chi connectivity index (χ0) is 13.6. The fourth-order valence-corrected chi connectivity index (χ4v) is 1.74. The van der Waals surface area contributed by atoms with E-state index in [-0.39, 0.29) is 16.2 Å². The van der Waals surface area contributed by atoms with E-state index in [1.807, 2.05) is 13.8 Å². The second kappa shape index (κ2) is 6.61. The first-order valence-corrected chi connectivity index (χ1v) is 6.32. The average molecular weight is 270 g/mol. The number of benzene rings is 1. The maximum Gasteiger partial charge on any atom is 0.173 e. The van der Waals surface area contributed by atoms with Gasteiger partial charge in [0.15, 0.2) is 11.6 Å². The van der Waals surface area contributed by atoms with Crippen molar-refractivity contribution >= 4 is 11.6 Å².